The van der Waals surface area contributed by atoms with Gasteiger partial charge in [0.05, 0.1) is 35.5 Å². The molecule has 0 radical (unpaired) electrons. The lowest BCUT2D eigenvalue weighted by molar-refractivity contribution is 0.102. The summed E-state index contributed by atoms with van der Waals surface area (Å²) in [7, 11) is 0. The van der Waals surface area contributed by atoms with E-state index in [1.54, 1.807) is 28.8 Å². The van der Waals surface area contributed by atoms with Crippen LogP contribution in [0.25, 0.3) is 10.9 Å². The number of hydrogen-bond donors (Lipinski definition) is 1. The molecule has 0 spiro atoms. The van der Waals surface area contributed by atoms with Crippen LogP contribution in [0.3, 0.4) is 0 Å². The fraction of sp³-hybridized carbons (Fsp3) is 0.375. The number of aryl methyl sites for hydroxylation is 1. The van der Waals surface area contributed by atoms with E-state index >= 15 is 0 Å². The maximum atomic E-state index is 13.1. The Kier molecular flexibility index (Phi) is 5.85. The van der Waals surface area contributed by atoms with Gasteiger partial charge >= 0.3 is 0 Å². The highest BCUT2D eigenvalue weighted by Crippen LogP contribution is 2.30. The maximum Gasteiger partial charge on any atom is 0.261 e. The van der Waals surface area contributed by atoms with Crippen molar-refractivity contribution in [2.24, 2.45) is 0 Å². The third kappa shape index (κ3) is 4.10. The molecule has 0 saturated carbocycles. The van der Waals surface area contributed by atoms with Crippen LogP contribution < -0.4 is 15.8 Å². The van der Waals surface area contributed by atoms with Crippen LogP contribution in [0, 0.1) is 0 Å². The predicted molar refractivity (Wildman–Crippen MR) is 126 cm³/mol. The highest BCUT2D eigenvalue weighted by atomic mass is 35.5. The number of nitrogens with one attached hydrogen (secondary N) is 1. The zero-order valence-electron chi connectivity index (χ0n) is 17.8. The third-order valence-corrected chi connectivity index (χ3v) is 6.37. The summed E-state index contributed by atoms with van der Waals surface area (Å²) in [5, 5.41) is 4.09. The summed E-state index contributed by atoms with van der Waals surface area (Å²) in [6, 6.07) is 10.6. The fourth-order valence-corrected chi connectivity index (χ4v) is 4.61. The lowest BCUT2D eigenvalue weighted by atomic mass is 10.1. The zero-order chi connectivity index (χ0) is 22.1. The van der Waals surface area contributed by atoms with Crippen LogP contribution in [0.15, 0.2) is 41.2 Å². The fourth-order valence-electron chi connectivity index (χ4n) is 4.44. The minimum Gasteiger partial charge on any atom is -0.378 e. The van der Waals surface area contributed by atoms with Crippen molar-refractivity contribution < 1.29 is 9.53 Å². The molecule has 3 heterocycles. The summed E-state index contributed by atoms with van der Waals surface area (Å²) in [5.74, 6) is 0.544. The molecule has 0 unspecified atom stereocenters. The number of hydrogen-bond acceptors (Lipinski definition) is 5. The maximum absolute atomic E-state index is 13.1. The topological polar surface area (TPSA) is 76.5 Å². The molecule has 1 aromatic heterocycles. The first-order chi connectivity index (χ1) is 15.6. The van der Waals surface area contributed by atoms with Crippen molar-refractivity contribution in [3.8, 4) is 0 Å². The highest BCUT2D eigenvalue weighted by Gasteiger charge is 2.19. The molecule has 1 fully saturated rings. The number of carbonyl (C=O) groups excluding carboxylic acids is 1. The van der Waals surface area contributed by atoms with Gasteiger partial charge < -0.3 is 15.0 Å². The van der Waals surface area contributed by atoms with Crippen LogP contribution in [0.1, 0.15) is 35.4 Å². The summed E-state index contributed by atoms with van der Waals surface area (Å²) < 4.78 is 7.23. The first-order valence-electron chi connectivity index (χ1n) is 11.1. The average Bonchev–Trinajstić information content (AvgIpc) is 3.05. The molecule has 2 aliphatic heterocycles. The Morgan fingerprint density at radius 2 is 1.88 bits per heavy atom. The van der Waals surface area contributed by atoms with Gasteiger partial charge in [0.15, 0.2) is 0 Å². The van der Waals surface area contributed by atoms with Gasteiger partial charge in [0.1, 0.15) is 5.82 Å². The van der Waals surface area contributed by atoms with E-state index in [1.165, 1.54) is 0 Å². The Morgan fingerprint density at radius 1 is 1.03 bits per heavy atom. The van der Waals surface area contributed by atoms with E-state index in [0.717, 1.165) is 50.3 Å². The van der Waals surface area contributed by atoms with Crippen LogP contribution in [-0.4, -0.2) is 41.8 Å². The second-order valence-electron chi connectivity index (χ2n) is 8.24. The number of rotatable bonds is 3. The molecule has 1 N–H and O–H groups in total. The number of nitrogens with zero attached hydrogens (tertiary/aromatic N) is 3. The van der Waals surface area contributed by atoms with Crippen LogP contribution in [0.4, 0.5) is 11.4 Å². The molecule has 166 valence electrons. The summed E-state index contributed by atoms with van der Waals surface area (Å²) in [6.45, 7) is 3.50. The quantitative estimate of drug-likeness (QED) is 0.653. The third-order valence-electron chi connectivity index (χ3n) is 6.14. The van der Waals surface area contributed by atoms with E-state index < -0.39 is 0 Å². The van der Waals surface area contributed by atoms with Gasteiger partial charge in [0.2, 0.25) is 0 Å². The molecule has 0 aliphatic carbocycles. The molecule has 5 rings (SSSR count). The van der Waals surface area contributed by atoms with Gasteiger partial charge in [0, 0.05) is 36.6 Å². The van der Waals surface area contributed by atoms with E-state index in [-0.39, 0.29) is 11.5 Å². The number of ether oxygens (including phenoxy) is 1. The molecule has 8 heteroatoms. The Balaban J connectivity index is 1.47. The summed E-state index contributed by atoms with van der Waals surface area (Å²) >= 11 is 6.22. The van der Waals surface area contributed by atoms with Crippen molar-refractivity contribution in [3.63, 3.8) is 0 Å². The van der Waals surface area contributed by atoms with Crippen molar-refractivity contribution >= 4 is 39.8 Å². The number of benzene rings is 2. The van der Waals surface area contributed by atoms with Crippen LogP contribution in [0.2, 0.25) is 5.02 Å². The van der Waals surface area contributed by atoms with E-state index in [4.69, 9.17) is 21.3 Å². The van der Waals surface area contributed by atoms with Crippen molar-refractivity contribution in [2.45, 2.75) is 32.2 Å². The number of halogens is 1. The predicted octanol–water partition coefficient (Wildman–Crippen LogP) is 3.87. The van der Waals surface area contributed by atoms with E-state index in [0.29, 0.717) is 46.9 Å². The highest BCUT2D eigenvalue weighted by molar-refractivity contribution is 6.31. The summed E-state index contributed by atoms with van der Waals surface area (Å²) in [5.41, 5.74) is 2.56. The van der Waals surface area contributed by atoms with Crippen molar-refractivity contribution in [1.29, 1.82) is 0 Å². The molecule has 1 amide bonds. The van der Waals surface area contributed by atoms with Crippen LogP contribution in [0.5, 0.6) is 0 Å². The Hall–Kier alpha value is -2.90. The molecule has 0 bridgehead atoms. The lowest BCUT2D eigenvalue weighted by Crippen LogP contribution is -2.36. The van der Waals surface area contributed by atoms with Gasteiger partial charge in [-0.3, -0.25) is 14.2 Å². The summed E-state index contributed by atoms with van der Waals surface area (Å²) in [4.78, 5) is 33.0. The first kappa shape index (κ1) is 21.0. The van der Waals surface area contributed by atoms with Crippen molar-refractivity contribution in [2.75, 3.05) is 36.5 Å². The number of amides is 1. The van der Waals surface area contributed by atoms with Gasteiger partial charge in [-0.05, 0) is 49.2 Å². The van der Waals surface area contributed by atoms with Crippen LogP contribution >= 0.6 is 11.6 Å². The first-order valence-corrected chi connectivity index (χ1v) is 11.4. The van der Waals surface area contributed by atoms with Gasteiger partial charge in [-0.2, -0.15) is 0 Å². The average molecular weight is 453 g/mol. The molecule has 2 aliphatic rings. The SMILES string of the molecule is O=C(Nc1cc(Cl)ccc1N1CCOCC1)c1ccc2c(=O)n3c(nc2c1)CCCCC3. The number of anilines is 2. The molecule has 3 aromatic rings. The zero-order valence-corrected chi connectivity index (χ0v) is 18.5. The molecular formula is C24H25ClN4O3. The number of carbonyl (C=O) groups is 1. The minimum atomic E-state index is -0.263. The Morgan fingerprint density at radius 3 is 2.72 bits per heavy atom. The molecular weight excluding hydrogens is 428 g/mol. The van der Waals surface area contributed by atoms with Crippen molar-refractivity contribution in [3.05, 3.63) is 63.2 Å². The summed E-state index contributed by atoms with van der Waals surface area (Å²) in [6.07, 6.45) is 3.90. The second-order valence-corrected chi connectivity index (χ2v) is 8.68. The lowest BCUT2D eigenvalue weighted by Gasteiger charge is -2.30. The molecule has 7 nitrogen and oxygen atoms in total. The van der Waals surface area contributed by atoms with Gasteiger partial charge in [-0.25, -0.2) is 4.98 Å². The second kappa shape index (κ2) is 8.92. The normalized spacial score (nSPS) is 16.5. The largest absolute Gasteiger partial charge is 0.378 e. The molecule has 2 aromatic carbocycles. The number of morpholine rings is 1. The van der Waals surface area contributed by atoms with E-state index in [2.05, 4.69) is 10.2 Å². The minimum absolute atomic E-state index is 0.0247. The van der Waals surface area contributed by atoms with E-state index in [9.17, 15) is 9.59 Å². The van der Waals surface area contributed by atoms with E-state index in [1.807, 2.05) is 12.1 Å². The van der Waals surface area contributed by atoms with Gasteiger partial charge in [0.25, 0.3) is 11.5 Å². The smallest absolute Gasteiger partial charge is 0.261 e. The Labute approximate surface area is 191 Å². The van der Waals surface area contributed by atoms with Crippen LogP contribution in [-0.2, 0) is 17.7 Å². The number of aromatic nitrogens is 2. The molecule has 32 heavy (non-hydrogen) atoms. The van der Waals surface area contributed by atoms with Crippen molar-refractivity contribution in [1.82, 2.24) is 9.55 Å². The van der Waals surface area contributed by atoms with Gasteiger partial charge in [-0.15, -0.1) is 0 Å². The standard InChI is InChI=1S/C24H25ClN4O3/c25-17-6-8-21(28-10-12-32-13-11-28)20(15-17)27-23(30)16-5-7-18-19(14-16)26-22-4-2-1-3-9-29(22)24(18)31/h5-8,14-15H,1-4,9-13H2,(H,27,30). The molecule has 1 saturated heterocycles. The molecule has 0 atom stereocenters. The Bertz CT molecular complexity index is 1230. The number of fused-ring (bicyclic) bond motifs is 2. The van der Waals surface area contributed by atoms with Gasteiger partial charge in [-0.1, -0.05) is 18.0 Å². The monoisotopic (exact) mass is 452 g/mol.